The van der Waals surface area contributed by atoms with Crippen LogP contribution in [0.4, 0.5) is 0 Å². The number of nitrogens with zero attached hydrogens (tertiary/aromatic N) is 1. The molecule has 19 heavy (non-hydrogen) atoms. The van der Waals surface area contributed by atoms with E-state index in [1.165, 1.54) is 12.1 Å². The number of rotatable bonds is 3. The average Bonchev–Trinajstić information content (AvgIpc) is 2.38. The van der Waals surface area contributed by atoms with Gasteiger partial charge in [0.15, 0.2) is 0 Å². The third kappa shape index (κ3) is 2.98. The molecule has 1 fully saturated rings. The summed E-state index contributed by atoms with van der Waals surface area (Å²) in [6.07, 6.45) is 1.79. The SMILES string of the molecule is O=C(O)C1CCCCN1S(=O)(=O)c1cccc(Br)c1. The van der Waals surface area contributed by atoms with Gasteiger partial charge in [-0.15, -0.1) is 0 Å². The number of carboxylic acids is 1. The van der Waals surface area contributed by atoms with E-state index in [4.69, 9.17) is 5.11 Å². The molecule has 0 saturated carbocycles. The molecule has 1 saturated heterocycles. The summed E-state index contributed by atoms with van der Waals surface area (Å²) in [5.74, 6) is -1.08. The highest BCUT2D eigenvalue weighted by Gasteiger charge is 2.37. The van der Waals surface area contributed by atoms with E-state index in [0.29, 0.717) is 17.3 Å². The van der Waals surface area contributed by atoms with Crippen LogP contribution in [0.2, 0.25) is 0 Å². The van der Waals surface area contributed by atoms with Crippen molar-refractivity contribution in [1.82, 2.24) is 4.31 Å². The third-order valence-corrected chi connectivity index (χ3v) is 5.54. The Hall–Kier alpha value is -0.920. The van der Waals surface area contributed by atoms with Crippen LogP contribution in [0, 0.1) is 0 Å². The van der Waals surface area contributed by atoms with Gasteiger partial charge >= 0.3 is 5.97 Å². The van der Waals surface area contributed by atoms with Gasteiger partial charge in [-0.2, -0.15) is 4.31 Å². The van der Waals surface area contributed by atoms with Crippen LogP contribution in [-0.4, -0.2) is 36.4 Å². The fraction of sp³-hybridized carbons (Fsp3) is 0.417. The van der Waals surface area contributed by atoms with E-state index in [-0.39, 0.29) is 11.4 Å². The van der Waals surface area contributed by atoms with Crippen LogP contribution < -0.4 is 0 Å². The molecule has 1 heterocycles. The topological polar surface area (TPSA) is 74.7 Å². The van der Waals surface area contributed by atoms with E-state index in [2.05, 4.69) is 15.9 Å². The second-order valence-corrected chi connectivity index (χ2v) is 7.23. The van der Waals surface area contributed by atoms with Crippen LogP contribution in [0.1, 0.15) is 19.3 Å². The number of carbonyl (C=O) groups is 1. The van der Waals surface area contributed by atoms with Crippen LogP contribution in [0.25, 0.3) is 0 Å². The molecule has 1 aromatic rings. The van der Waals surface area contributed by atoms with Crippen molar-refractivity contribution in [2.75, 3.05) is 6.54 Å². The van der Waals surface area contributed by atoms with Crippen molar-refractivity contribution in [3.05, 3.63) is 28.7 Å². The van der Waals surface area contributed by atoms with Gasteiger partial charge in [-0.1, -0.05) is 22.0 Å². The molecule has 5 nitrogen and oxygen atoms in total. The van der Waals surface area contributed by atoms with Crippen molar-refractivity contribution in [3.8, 4) is 0 Å². The highest BCUT2D eigenvalue weighted by Crippen LogP contribution is 2.26. The minimum absolute atomic E-state index is 0.120. The van der Waals surface area contributed by atoms with Gasteiger partial charge in [-0.3, -0.25) is 4.79 Å². The average molecular weight is 348 g/mol. The first-order valence-electron chi connectivity index (χ1n) is 5.93. The van der Waals surface area contributed by atoms with E-state index >= 15 is 0 Å². The Labute approximate surface area is 120 Å². The Bertz CT molecular complexity index is 587. The Balaban J connectivity index is 2.40. The molecule has 1 atom stereocenters. The molecule has 7 heteroatoms. The van der Waals surface area contributed by atoms with E-state index in [9.17, 15) is 13.2 Å². The second kappa shape index (κ2) is 5.60. The maximum Gasteiger partial charge on any atom is 0.322 e. The van der Waals surface area contributed by atoms with Gasteiger partial charge in [0, 0.05) is 11.0 Å². The molecule has 0 aliphatic carbocycles. The highest BCUT2D eigenvalue weighted by molar-refractivity contribution is 9.10. The number of hydrogen-bond acceptors (Lipinski definition) is 3. The lowest BCUT2D eigenvalue weighted by molar-refractivity contribution is -0.142. The van der Waals surface area contributed by atoms with Crippen molar-refractivity contribution in [2.24, 2.45) is 0 Å². The zero-order valence-corrected chi connectivity index (χ0v) is 12.5. The number of piperidine rings is 1. The number of carboxylic acid groups (broad SMARTS) is 1. The summed E-state index contributed by atoms with van der Waals surface area (Å²) in [6.45, 7) is 0.256. The molecule has 1 unspecified atom stereocenters. The molecule has 0 bridgehead atoms. The summed E-state index contributed by atoms with van der Waals surface area (Å²) >= 11 is 3.22. The third-order valence-electron chi connectivity index (χ3n) is 3.14. The number of sulfonamides is 1. The fourth-order valence-corrected chi connectivity index (χ4v) is 4.45. The van der Waals surface area contributed by atoms with Crippen molar-refractivity contribution in [1.29, 1.82) is 0 Å². The highest BCUT2D eigenvalue weighted by atomic mass is 79.9. The van der Waals surface area contributed by atoms with Gasteiger partial charge in [0.2, 0.25) is 10.0 Å². The number of halogens is 1. The lowest BCUT2D eigenvalue weighted by Gasteiger charge is -2.31. The van der Waals surface area contributed by atoms with Gasteiger partial charge < -0.3 is 5.11 Å². The van der Waals surface area contributed by atoms with E-state index in [1.54, 1.807) is 12.1 Å². The maximum atomic E-state index is 12.5. The standard InChI is InChI=1S/C12H14BrNO4S/c13-9-4-3-5-10(8-9)19(17,18)14-7-2-1-6-11(14)12(15)16/h3-5,8,11H,1-2,6-7H2,(H,15,16). The van der Waals surface area contributed by atoms with Crippen molar-refractivity contribution in [3.63, 3.8) is 0 Å². The lowest BCUT2D eigenvalue weighted by Crippen LogP contribution is -2.47. The monoisotopic (exact) mass is 347 g/mol. The normalized spacial score (nSPS) is 21.2. The van der Waals surface area contributed by atoms with Crippen LogP contribution in [-0.2, 0) is 14.8 Å². The molecule has 1 aliphatic heterocycles. The van der Waals surface area contributed by atoms with Gasteiger partial charge in [0.05, 0.1) is 4.90 Å². The van der Waals surface area contributed by atoms with Crippen LogP contribution in [0.15, 0.2) is 33.6 Å². The van der Waals surface area contributed by atoms with Crippen molar-refractivity contribution >= 4 is 31.9 Å². The predicted molar refractivity (Wildman–Crippen MR) is 73.3 cm³/mol. The van der Waals surface area contributed by atoms with Gasteiger partial charge in [0.25, 0.3) is 0 Å². The number of aliphatic carboxylic acids is 1. The fourth-order valence-electron chi connectivity index (χ4n) is 2.20. The molecule has 1 aromatic carbocycles. The molecule has 0 amide bonds. The Morgan fingerprint density at radius 1 is 1.37 bits per heavy atom. The maximum absolute atomic E-state index is 12.5. The Morgan fingerprint density at radius 3 is 2.74 bits per heavy atom. The Morgan fingerprint density at radius 2 is 2.11 bits per heavy atom. The van der Waals surface area contributed by atoms with Gasteiger partial charge in [0.1, 0.15) is 6.04 Å². The van der Waals surface area contributed by atoms with E-state index in [1.807, 2.05) is 0 Å². The summed E-state index contributed by atoms with van der Waals surface area (Å²) in [6, 6.07) is 5.36. The minimum Gasteiger partial charge on any atom is -0.480 e. The summed E-state index contributed by atoms with van der Waals surface area (Å²) in [7, 11) is -3.76. The first kappa shape index (κ1) is 14.5. The number of hydrogen-bond donors (Lipinski definition) is 1. The quantitative estimate of drug-likeness (QED) is 0.908. The molecular weight excluding hydrogens is 334 g/mol. The smallest absolute Gasteiger partial charge is 0.322 e. The largest absolute Gasteiger partial charge is 0.480 e. The molecule has 1 N–H and O–H groups in total. The number of benzene rings is 1. The van der Waals surface area contributed by atoms with Crippen LogP contribution >= 0.6 is 15.9 Å². The minimum atomic E-state index is -3.76. The van der Waals surface area contributed by atoms with Crippen LogP contribution in [0.3, 0.4) is 0 Å². The van der Waals surface area contributed by atoms with E-state index < -0.39 is 22.0 Å². The van der Waals surface area contributed by atoms with Gasteiger partial charge in [-0.05, 0) is 37.5 Å². The molecular formula is C12H14BrNO4S. The van der Waals surface area contributed by atoms with Crippen LogP contribution in [0.5, 0.6) is 0 Å². The summed E-state index contributed by atoms with van der Waals surface area (Å²) in [4.78, 5) is 11.3. The first-order valence-corrected chi connectivity index (χ1v) is 8.16. The van der Waals surface area contributed by atoms with E-state index in [0.717, 1.165) is 10.7 Å². The predicted octanol–water partition coefficient (Wildman–Crippen LogP) is 2.08. The van der Waals surface area contributed by atoms with Gasteiger partial charge in [-0.25, -0.2) is 8.42 Å². The zero-order valence-electron chi connectivity index (χ0n) is 10.1. The summed E-state index contributed by atoms with van der Waals surface area (Å²) < 4.78 is 26.7. The summed E-state index contributed by atoms with van der Waals surface area (Å²) in [5.41, 5.74) is 0. The Kier molecular flexibility index (Phi) is 4.27. The summed E-state index contributed by atoms with van der Waals surface area (Å²) in [5, 5.41) is 9.16. The molecule has 0 radical (unpaired) electrons. The lowest BCUT2D eigenvalue weighted by atomic mass is 10.1. The first-order chi connectivity index (χ1) is 8.93. The van der Waals surface area contributed by atoms with Crippen molar-refractivity contribution in [2.45, 2.75) is 30.2 Å². The second-order valence-electron chi connectivity index (χ2n) is 4.42. The molecule has 0 aromatic heterocycles. The molecule has 2 rings (SSSR count). The molecule has 104 valence electrons. The molecule has 0 spiro atoms. The molecule has 1 aliphatic rings. The van der Waals surface area contributed by atoms with Crippen molar-refractivity contribution < 1.29 is 18.3 Å². The zero-order chi connectivity index (χ0) is 14.0.